The average Bonchev–Trinajstić information content (AvgIpc) is 3.45. The summed E-state index contributed by atoms with van der Waals surface area (Å²) < 4.78 is 41.2. The minimum absolute atomic E-state index is 0.0918. The summed E-state index contributed by atoms with van der Waals surface area (Å²) >= 11 is 0. The van der Waals surface area contributed by atoms with Crippen LogP contribution in [0, 0.1) is 6.92 Å². The van der Waals surface area contributed by atoms with Gasteiger partial charge in [0.05, 0.1) is 5.69 Å². The van der Waals surface area contributed by atoms with Crippen LogP contribution in [-0.2, 0) is 6.18 Å². The summed E-state index contributed by atoms with van der Waals surface area (Å²) in [6, 6.07) is 20.0. The molecule has 2 aromatic carbocycles. The second-order valence-corrected chi connectivity index (χ2v) is 8.30. The van der Waals surface area contributed by atoms with Gasteiger partial charge >= 0.3 is 6.18 Å². The molecule has 0 spiro atoms. The lowest BCUT2D eigenvalue weighted by atomic mass is 10.0. The van der Waals surface area contributed by atoms with Gasteiger partial charge in [-0.2, -0.15) is 18.3 Å². The molecule has 33 heavy (non-hydrogen) atoms. The average molecular weight is 450 g/mol. The van der Waals surface area contributed by atoms with Crippen molar-refractivity contribution in [2.75, 3.05) is 13.1 Å². The fraction of sp³-hybridized carbons (Fsp3) is 0.240. The van der Waals surface area contributed by atoms with E-state index in [0.29, 0.717) is 30.8 Å². The molecule has 1 atom stereocenters. The van der Waals surface area contributed by atoms with Gasteiger partial charge in [-0.05, 0) is 42.7 Å². The van der Waals surface area contributed by atoms with Gasteiger partial charge in [-0.15, -0.1) is 0 Å². The number of hydrogen-bond donors (Lipinski definition) is 0. The first-order chi connectivity index (χ1) is 15.8. The monoisotopic (exact) mass is 450 g/mol. The van der Waals surface area contributed by atoms with Crippen LogP contribution in [0.1, 0.15) is 39.8 Å². The van der Waals surface area contributed by atoms with E-state index in [4.69, 9.17) is 0 Å². The van der Waals surface area contributed by atoms with Crippen molar-refractivity contribution in [1.29, 1.82) is 0 Å². The molecule has 0 radical (unpaired) electrons. The van der Waals surface area contributed by atoms with E-state index in [1.54, 1.807) is 11.0 Å². The first kappa shape index (κ1) is 21.2. The Balaban J connectivity index is 1.34. The summed E-state index contributed by atoms with van der Waals surface area (Å²) in [5.74, 6) is -0.230. The van der Waals surface area contributed by atoms with E-state index < -0.39 is 11.9 Å². The molecule has 5 rings (SSSR count). The van der Waals surface area contributed by atoms with Crippen molar-refractivity contribution in [1.82, 2.24) is 19.5 Å². The Kier molecular flexibility index (Phi) is 5.15. The highest BCUT2D eigenvalue weighted by atomic mass is 19.4. The van der Waals surface area contributed by atoms with Crippen molar-refractivity contribution in [3.63, 3.8) is 0 Å². The van der Waals surface area contributed by atoms with Crippen molar-refractivity contribution < 1.29 is 18.0 Å². The minimum Gasteiger partial charge on any atom is -0.338 e. The number of benzene rings is 2. The zero-order valence-corrected chi connectivity index (χ0v) is 17.9. The zero-order chi connectivity index (χ0) is 23.2. The molecule has 0 bridgehead atoms. The molecule has 168 valence electrons. The van der Waals surface area contributed by atoms with Crippen LogP contribution in [0.15, 0.2) is 66.7 Å². The largest absolute Gasteiger partial charge is 0.433 e. The fourth-order valence-corrected chi connectivity index (χ4v) is 4.32. The maximum Gasteiger partial charge on any atom is 0.433 e. The summed E-state index contributed by atoms with van der Waals surface area (Å²) in [5.41, 5.74) is 2.81. The van der Waals surface area contributed by atoms with E-state index in [0.717, 1.165) is 21.7 Å². The molecule has 1 aliphatic heterocycles. The predicted octanol–water partition coefficient (Wildman–Crippen LogP) is 5.35. The van der Waals surface area contributed by atoms with Gasteiger partial charge in [-0.1, -0.05) is 42.5 Å². The lowest BCUT2D eigenvalue weighted by molar-refractivity contribution is -0.142. The molecule has 1 fully saturated rings. The molecule has 2 aromatic heterocycles. The van der Waals surface area contributed by atoms with Crippen LogP contribution in [0.3, 0.4) is 0 Å². The van der Waals surface area contributed by atoms with Gasteiger partial charge in [0.2, 0.25) is 0 Å². The molecule has 0 saturated carbocycles. The normalized spacial score (nSPS) is 16.5. The van der Waals surface area contributed by atoms with Crippen LogP contribution in [0.2, 0.25) is 0 Å². The quantitative estimate of drug-likeness (QED) is 0.423. The molecule has 5 nitrogen and oxygen atoms in total. The van der Waals surface area contributed by atoms with Crippen LogP contribution in [-0.4, -0.2) is 38.5 Å². The number of rotatable bonds is 3. The maximum absolute atomic E-state index is 13.4. The molecule has 0 N–H and O–H groups in total. The molecule has 0 unspecified atom stereocenters. The number of carbonyl (C=O) groups is 1. The summed E-state index contributed by atoms with van der Waals surface area (Å²) in [6.07, 6.45) is -3.89. The number of hydrogen-bond acceptors (Lipinski definition) is 3. The Bertz CT molecular complexity index is 1310. The molecular weight excluding hydrogens is 429 g/mol. The standard InChI is InChI=1S/C25H21F3N4O/c1-16-13-22(25(26,27)28)32-23(29-16)14-21(30-32)20-11-12-31(15-20)24(33)19-9-7-18(8-10-19)17-5-3-2-4-6-17/h2-10,13-14,20H,11-12,15H2,1H3/t20-/m1/s1. The van der Waals surface area contributed by atoms with Crippen molar-refractivity contribution in [2.45, 2.75) is 25.4 Å². The van der Waals surface area contributed by atoms with E-state index in [9.17, 15) is 18.0 Å². The van der Waals surface area contributed by atoms with Crippen molar-refractivity contribution in [3.8, 4) is 11.1 Å². The Labute approximate surface area is 188 Å². The number of aromatic nitrogens is 3. The highest BCUT2D eigenvalue weighted by molar-refractivity contribution is 5.95. The Hall–Kier alpha value is -3.68. The van der Waals surface area contributed by atoms with E-state index in [2.05, 4.69) is 10.1 Å². The topological polar surface area (TPSA) is 50.5 Å². The Morgan fingerprint density at radius 3 is 2.39 bits per heavy atom. The van der Waals surface area contributed by atoms with E-state index >= 15 is 0 Å². The molecular formula is C25H21F3N4O. The lowest BCUT2D eigenvalue weighted by Crippen LogP contribution is -2.28. The molecule has 3 heterocycles. The van der Waals surface area contributed by atoms with Gasteiger partial charge in [0, 0.05) is 36.3 Å². The molecule has 1 amide bonds. The Morgan fingerprint density at radius 1 is 1.00 bits per heavy atom. The number of alkyl halides is 3. The predicted molar refractivity (Wildman–Crippen MR) is 118 cm³/mol. The number of halogens is 3. The second kappa shape index (κ2) is 8.03. The maximum atomic E-state index is 13.4. The van der Waals surface area contributed by atoms with Gasteiger partial charge in [-0.3, -0.25) is 4.79 Å². The van der Waals surface area contributed by atoms with Gasteiger partial charge in [0.25, 0.3) is 5.91 Å². The highest BCUT2D eigenvalue weighted by Gasteiger charge is 2.36. The van der Waals surface area contributed by atoms with Crippen molar-refractivity contribution in [2.24, 2.45) is 0 Å². The number of nitrogens with zero attached hydrogens (tertiary/aromatic N) is 4. The third kappa shape index (κ3) is 4.08. The van der Waals surface area contributed by atoms with E-state index in [1.807, 2.05) is 54.6 Å². The van der Waals surface area contributed by atoms with E-state index in [1.165, 1.54) is 6.92 Å². The smallest absolute Gasteiger partial charge is 0.338 e. The van der Waals surface area contributed by atoms with Crippen molar-refractivity contribution >= 4 is 11.6 Å². The fourth-order valence-electron chi connectivity index (χ4n) is 4.32. The lowest BCUT2D eigenvalue weighted by Gasteiger charge is -2.16. The van der Waals surface area contributed by atoms with Crippen LogP contribution in [0.25, 0.3) is 16.8 Å². The van der Waals surface area contributed by atoms with Crippen molar-refractivity contribution in [3.05, 3.63) is 89.4 Å². The van der Waals surface area contributed by atoms with Crippen LogP contribution in [0.4, 0.5) is 13.2 Å². The highest BCUT2D eigenvalue weighted by Crippen LogP contribution is 2.32. The first-order valence-electron chi connectivity index (χ1n) is 10.7. The number of amides is 1. The van der Waals surface area contributed by atoms with Crippen LogP contribution in [0.5, 0.6) is 0 Å². The van der Waals surface area contributed by atoms with Gasteiger partial charge < -0.3 is 4.90 Å². The minimum atomic E-state index is -4.53. The third-order valence-corrected chi connectivity index (χ3v) is 6.00. The number of fused-ring (bicyclic) bond motifs is 1. The molecule has 4 aromatic rings. The molecule has 8 heteroatoms. The number of carbonyl (C=O) groups excluding carboxylic acids is 1. The van der Waals surface area contributed by atoms with E-state index in [-0.39, 0.29) is 23.2 Å². The summed E-state index contributed by atoms with van der Waals surface area (Å²) in [7, 11) is 0. The number of aryl methyl sites for hydroxylation is 1. The SMILES string of the molecule is Cc1cc(C(F)(F)F)n2nc([C@@H]3CCN(C(=O)c4ccc(-c5ccccc5)cc4)C3)cc2n1. The zero-order valence-electron chi connectivity index (χ0n) is 17.9. The molecule has 1 saturated heterocycles. The van der Waals surface area contributed by atoms with Gasteiger partial charge in [-0.25, -0.2) is 9.50 Å². The summed E-state index contributed by atoms with van der Waals surface area (Å²) in [4.78, 5) is 18.9. The molecule has 0 aliphatic carbocycles. The third-order valence-electron chi connectivity index (χ3n) is 6.00. The van der Waals surface area contributed by atoms with Gasteiger partial charge in [0.1, 0.15) is 5.69 Å². The van der Waals surface area contributed by atoms with Crippen LogP contribution >= 0.6 is 0 Å². The summed E-state index contributed by atoms with van der Waals surface area (Å²) in [5, 5.41) is 4.21. The van der Waals surface area contributed by atoms with Gasteiger partial charge in [0.15, 0.2) is 5.65 Å². The Morgan fingerprint density at radius 2 is 1.70 bits per heavy atom. The second-order valence-electron chi connectivity index (χ2n) is 8.30. The number of likely N-dealkylation sites (tertiary alicyclic amines) is 1. The molecule has 1 aliphatic rings. The first-order valence-corrected chi connectivity index (χ1v) is 10.7. The van der Waals surface area contributed by atoms with Crippen LogP contribution < -0.4 is 0 Å². The summed E-state index contributed by atoms with van der Waals surface area (Å²) in [6.45, 7) is 2.46.